The average molecular weight is 294 g/mol. The molecule has 2 N–H and O–H groups in total. The summed E-state index contributed by atoms with van der Waals surface area (Å²) >= 11 is 0. The molecule has 2 rings (SSSR count). The molecule has 1 saturated carbocycles. The van der Waals surface area contributed by atoms with E-state index in [0.29, 0.717) is 0 Å². The summed E-state index contributed by atoms with van der Waals surface area (Å²) in [5.74, 6) is -3.46. The van der Waals surface area contributed by atoms with Crippen LogP contribution in [-0.2, 0) is 6.54 Å². The third-order valence-electron chi connectivity index (χ3n) is 3.87. The molecule has 0 radical (unpaired) electrons. The molecule has 2 nitrogen and oxygen atoms in total. The topological polar surface area (TPSA) is 29.3 Å². The van der Waals surface area contributed by atoms with Gasteiger partial charge in [-0.1, -0.05) is 6.07 Å². The zero-order chi connectivity index (χ0) is 15.1. The molecule has 1 fully saturated rings. The van der Waals surface area contributed by atoms with Gasteiger partial charge in [-0.25, -0.2) is 8.78 Å². The summed E-state index contributed by atoms with van der Waals surface area (Å²) in [6.07, 6.45) is -4.41. The number of hydrogen-bond donors (Lipinski definition) is 1. The molecule has 1 aliphatic carbocycles. The first kappa shape index (κ1) is 15.0. The Bertz CT molecular complexity index is 494. The highest BCUT2D eigenvalue weighted by Crippen LogP contribution is 2.44. The number of benzene rings is 1. The summed E-state index contributed by atoms with van der Waals surface area (Å²) in [6.45, 7) is -0.133. The van der Waals surface area contributed by atoms with E-state index in [1.165, 1.54) is 24.1 Å². The summed E-state index contributed by atoms with van der Waals surface area (Å²) in [6, 6.07) is 2.27. The molecule has 0 spiro atoms. The maximum absolute atomic E-state index is 13.9. The fourth-order valence-corrected chi connectivity index (χ4v) is 2.38. The first-order valence-corrected chi connectivity index (χ1v) is 6.22. The van der Waals surface area contributed by atoms with E-state index in [1.807, 2.05) is 0 Å². The van der Waals surface area contributed by atoms with Crippen molar-refractivity contribution in [3.63, 3.8) is 0 Å². The maximum atomic E-state index is 13.9. The molecule has 0 unspecified atom stereocenters. The summed E-state index contributed by atoms with van der Waals surface area (Å²) in [7, 11) is 1.47. The minimum Gasteiger partial charge on any atom is -0.369 e. The number of nitrogens with zero attached hydrogens (tertiary/aromatic N) is 1. The summed E-state index contributed by atoms with van der Waals surface area (Å²) in [5.41, 5.74) is 5.27. The van der Waals surface area contributed by atoms with Gasteiger partial charge in [-0.2, -0.15) is 13.2 Å². The minimum absolute atomic E-state index is 0.0367. The van der Waals surface area contributed by atoms with Gasteiger partial charge < -0.3 is 10.6 Å². The fraction of sp³-hybridized carbons (Fsp3) is 0.538. The van der Waals surface area contributed by atoms with Gasteiger partial charge in [0.25, 0.3) is 0 Å². The van der Waals surface area contributed by atoms with Crippen molar-refractivity contribution >= 4 is 5.69 Å². The first-order chi connectivity index (χ1) is 9.25. The van der Waals surface area contributed by atoms with Crippen LogP contribution in [0.15, 0.2) is 12.1 Å². The number of alkyl halides is 3. The SMILES string of the molecule is CN(c1ccc(CN)c(F)c1F)[C@H]1C[C@@H](C(F)(F)F)C1. The van der Waals surface area contributed by atoms with Gasteiger partial charge in [-0.05, 0) is 18.9 Å². The van der Waals surface area contributed by atoms with E-state index < -0.39 is 29.8 Å². The van der Waals surface area contributed by atoms with Crippen LogP contribution >= 0.6 is 0 Å². The molecule has 1 aliphatic rings. The van der Waals surface area contributed by atoms with Crippen molar-refractivity contribution in [2.75, 3.05) is 11.9 Å². The van der Waals surface area contributed by atoms with Crippen molar-refractivity contribution < 1.29 is 22.0 Å². The van der Waals surface area contributed by atoms with E-state index >= 15 is 0 Å². The molecule has 112 valence electrons. The van der Waals surface area contributed by atoms with Crippen molar-refractivity contribution in [1.29, 1.82) is 0 Å². The zero-order valence-electron chi connectivity index (χ0n) is 10.8. The Morgan fingerprint density at radius 3 is 2.30 bits per heavy atom. The van der Waals surface area contributed by atoms with Gasteiger partial charge >= 0.3 is 6.18 Å². The lowest BCUT2D eigenvalue weighted by molar-refractivity contribution is -0.196. The van der Waals surface area contributed by atoms with E-state index in [2.05, 4.69) is 0 Å². The van der Waals surface area contributed by atoms with Gasteiger partial charge in [0.2, 0.25) is 0 Å². The summed E-state index contributed by atoms with van der Waals surface area (Å²) in [5, 5.41) is 0. The average Bonchev–Trinajstić information content (AvgIpc) is 2.28. The highest BCUT2D eigenvalue weighted by Gasteiger charge is 2.49. The molecule has 7 heteroatoms. The van der Waals surface area contributed by atoms with E-state index in [4.69, 9.17) is 5.73 Å². The van der Waals surface area contributed by atoms with Crippen molar-refractivity contribution in [2.45, 2.75) is 31.6 Å². The lowest BCUT2D eigenvalue weighted by atomic mass is 9.79. The van der Waals surface area contributed by atoms with Crippen molar-refractivity contribution in [3.8, 4) is 0 Å². The number of nitrogens with two attached hydrogens (primary N) is 1. The quantitative estimate of drug-likeness (QED) is 0.867. The summed E-state index contributed by atoms with van der Waals surface area (Å²) < 4.78 is 64.7. The standard InChI is InChI=1S/C13H15F5N2/c1-20(9-4-8(5-9)13(16,17)18)10-3-2-7(6-19)11(14)12(10)15/h2-3,8-9H,4-6,19H2,1H3/t8-,9+. The van der Waals surface area contributed by atoms with Crippen molar-refractivity contribution in [1.82, 2.24) is 0 Å². The number of rotatable bonds is 3. The molecule has 0 amide bonds. The summed E-state index contributed by atoms with van der Waals surface area (Å²) in [4.78, 5) is 1.36. The van der Waals surface area contributed by atoms with Crippen LogP contribution in [0.4, 0.5) is 27.6 Å². The zero-order valence-corrected chi connectivity index (χ0v) is 10.8. The second-order valence-corrected chi connectivity index (χ2v) is 5.05. The predicted octanol–water partition coefficient (Wildman–Crippen LogP) is 3.20. The number of hydrogen-bond acceptors (Lipinski definition) is 2. The Hall–Kier alpha value is -1.37. The van der Waals surface area contributed by atoms with E-state index in [9.17, 15) is 22.0 Å². The third kappa shape index (κ3) is 2.59. The molecule has 1 aromatic rings. The highest BCUT2D eigenvalue weighted by molar-refractivity contribution is 5.50. The van der Waals surface area contributed by atoms with Gasteiger partial charge in [0.15, 0.2) is 11.6 Å². The predicted molar refractivity (Wildman–Crippen MR) is 65.2 cm³/mol. The van der Waals surface area contributed by atoms with Gasteiger partial charge in [0, 0.05) is 25.2 Å². The van der Waals surface area contributed by atoms with Gasteiger partial charge in [0.05, 0.1) is 11.6 Å². The Morgan fingerprint density at radius 1 is 1.20 bits per heavy atom. The number of halogens is 5. The molecule has 20 heavy (non-hydrogen) atoms. The first-order valence-electron chi connectivity index (χ1n) is 6.22. The van der Waals surface area contributed by atoms with Crippen LogP contribution in [0.5, 0.6) is 0 Å². The minimum atomic E-state index is -4.22. The van der Waals surface area contributed by atoms with Gasteiger partial charge in [0.1, 0.15) is 0 Å². The van der Waals surface area contributed by atoms with E-state index in [1.54, 1.807) is 0 Å². The molecule has 0 bridgehead atoms. The molecule has 0 heterocycles. The van der Waals surface area contributed by atoms with Gasteiger partial charge in [-0.15, -0.1) is 0 Å². The van der Waals surface area contributed by atoms with Crippen molar-refractivity contribution in [2.24, 2.45) is 11.7 Å². The molecular weight excluding hydrogens is 279 g/mol. The van der Waals surface area contributed by atoms with E-state index in [0.717, 1.165) is 0 Å². The van der Waals surface area contributed by atoms with E-state index in [-0.39, 0.29) is 30.6 Å². The second-order valence-electron chi connectivity index (χ2n) is 5.05. The normalized spacial score (nSPS) is 22.6. The van der Waals surface area contributed by atoms with Crippen LogP contribution in [0.1, 0.15) is 18.4 Å². The second kappa shape index (κ2) is 5.20. The molecule has 0 aromatic heterocycles. The third-order valence-corrected chi connectivity index (χ3v) is 3.87. The van der Waals surface area contributed by atoms with Crippen LogP contribution in [0.25, 0.3) is 0 Å². The molecule has 1 aromatic carbocycles. The maximum Gasteiger partial charge on any atom is 0.391 e. The Kier molecular flexibility index (Phi) is 3.90. The van der Waals surface area contributed by atoms with Gasteiger partial charge in [-0.3, -0.25) is 0 Å². The smallest absolute Gasteiger partial charge is 0.369 e. The van der Waals surface area contributed by atoms with Crippen LogP contribution in [0.2, 0.25) is 0 Å². The highest BCUT2D eigenvalue weighted by atomic mass is 19.4. The Balaban J connectivity index is 2.12. The largest absolute Gasteiger partial charge is 0.391 e. The van der Waals surface area contributed by atoms with Crippen LogP contribution in [0, 0.1) is 17.6 Å². The number of anilines is 1. The molecule has 0 saturated heterocycles. The van der Waals surface area contributed by atoms with Crippen LogP contribution < -0.4 is 10.6 Å². The lowest BCUT2D eigenvalue weighted by Gasteiger charge is -2.43. The molecular formula is C13H15F5N2. The Morgan fingerprint density at radius 2 is 1.80 bits per heavy atom. The monoisotopic (exact) mass is 294 g/mol. The Labute approximate surface area is 113 Å². The van der Waals surface area contributed by atoms with Crippen molar-refractivity contribution in [3.05, 3.63) is 29.3 Å². The lowest BCUT2D eigenvalue weighted by Crippen LogP contribution is -2.48. The molecule has 0 aliphatic heterocycles. The van der Waals surface area contributed by atoms with Crippen LogP contribution in [0.3, 0.4) is 0 Å². The molecule has 0 atom stereocenters. The van der Waals surface area contributed by atoms with Crippen LogP contribution in [-0.4, -0.2) is 19.3 Å². The fourth-order valence-electron chi connectivity index (χ4n) is 2.38.